The maximum absolute atomic E-state index is 14.5. The monoisotopic (exact) mass is 1580 g/mol. The second-order valence-corrected chi connectivity index (χ2v) is 31.4. The number of carboxylic acid groups (broad SMARTS) is 2. The lowest BCUT2D eigenvalue weighted by Crippen LogP contribution is -2.60. The Balaban J connectivity index is 0.721. The molecule has 14 N–H and O–H groups in total. The number of piperazine rings is 2. The number of nitrogens with one attached hydrogen (secondary N) is 9. The number of aliphatic carboxylic acids is 2. The molecule has 10 amide bonds. The first-order valence-electron chi connectivity index (χ1n) is 39.5. The fourth-order valence-electron chi connectivity index (χ4n) is 15.5. The molecule has 5 aliphatic heterocycles. The molecule has 1 aliphatic carbocycles. The number of nitrogens with zero attached hydrogens (tertiary/aromatic N) is 6. The van der Waals surface area contributed by atoms with Crippen LogP contribution in [0.2, 0.25) is 0 Å². The second-order valence-electron chi connectivity index (χ2n) is 31.4. The van der Waals surface area contributed by atoms with Crippen LogP contribution in [0, 0.1) is 17.8 Å². The van der Waals surface area contributed by atoms with E-state index in [1.54, 1.807) is 45.9 Å². The van der Waals surface area contributed by atoms with E-state index < -0.39 is 139 Å². The fraction of sp³-hybridized carbons (Fsp3) is 0.543. The third kappa shape index (κ3) is 22.0. The van der Waals surface area contributed by atoms with Gasteiger partial charge < -0.3 is 92.4 Å². The van der Waals surface area contributed by atoms with Crippen molar-refractivity contribution in [2.75, 3.05) is 106 Å². The SMILES string of the molecule is CC[C@@H]1N[C@H](CC(=O)O)NC(=O)[C@H](CC(C)C)NC(=O)c2ccc(-c3ccc(N4CCN(C(=O)COCC(=O)N5CCN(c6ccc(-c7ccc(C(=O)N[C@@]8(CC(C)C)CC8=O)cc7NC(=O)[C@@H]7CCCN7C(=O)[C@H](C)NC(=O)C(CNC(=O)[C@@H](N)CC(=O)O)C(C)O)cc6)CC5)CC4)cc3)c(c2)N[C@@H]2CCCN2C(=O)[C@H](C)N1. The van der Waals surface area contributed by atoms with Crippen molar-refractivity contribution in [2.24, 2.45) is 23.5 Å². The first-order valence-corrected chi connectivity index (χ1v) is 39.5. The Labute approximate surface area is 663 Å². The van der Waals surface area contributed by atoms with Gasteiger partial charge in [0.15, 0.2) is 5.78 Å². The molecule has 10 rings (SSSR count). The van der Waals surface area contributed by atoms with Gasteiger partial charge in [-0.3, -0.25) is 73.0 Å². The Morgan fingerprint density at radius 2 is 1.25 bits per heavy atom. The Bertz CT molecular complexity index is 4200. The van der Waals surface area contributed by atoms with Gasteiger partial charge in [-0.05, 0) is 137 Å². The summed E-state index contributed by atoms with van der Waals surface area (Å²) in [6.07, 6.45) is -0.901. The van der Waals surface area contributed by atoms with E-state index in [4.69, 9.17) is 15.6 Å². The van der Waals surface area contributed by atoms with Crippen molar-refractivity contribution < 1.29 is 82.4 Å². The van der Waals surface area contributed by atoms with E-state index in [2.05, 4.69) is 57.7 Å². The second kappa shape index (κ2) is 38.5. The number of aliphatic hydroxyl groups is 1. The molecule has 616 valence electrons. The molecule has 11 atom stereocenters. The number of anilines is 4. The number of hydrogen-bond acceptors (Lipinski definition) is 21. The van der Waals surface area contributed by atoms with Crippen molar-refractivity contribution in [3.05, 3.63) is 96.1 Å². The van der Waals surface area contributed by atoms with E-state index in [1.165, 1.54) is 24.8 Å². The zero-order valence-corrected chi connectivity index (χ0v) is 66.1. The Kier molecular flexibility index (Phi) is 29.0. The third-order valence-electron chi connectivity index (χ3n) is 21.8. The highest BCUT2D eigenvalue weighted by Crippen LogP contribution is 2.39. The summed E-state index contributed by atoms with van der Waals surface area (Å²) in [6, 6.07) is 20.4. The number of carbonyl (C=O) groups is 13. The van der Waals surface area contributed by atoms with Crippen LogP contribution in [0.3, 0.4) is 0 Å². The number of fused-ring (bicyclic) bond motifs is 3. The number of Topliss-reactive ketones (excluding diaryl/α,β-unsaturated/α-hetero) is 1. The summed E-state index contributed by atoms with van der Waals surface area (Å²) in [5.74, 6) is -8.67. The maximum atomic E-state index is 14.5. The summed E-state index contributed by atoms with van der Waals surface area (Å²) >= 11 is 0. The predicted octanol–water partition coefficient (Wildman–Crippen LogP) is 2.61. The molecule has 4 saturated heterocycles. The molecule has 5 fully saturated rings. The molecule has 4 aromatic carbocycles. The number of hydrogen-bond donors (Lipinski definition) is 13. The Hall–Kier alpha value is -10.6. The number of nitrogens with two attached hydrogens (primary N) is 1. The summed E-state index contributed by atoms with van der Waals surface area (Å²) in [5.41, 5.74) is 10.6. The summed E-state index contributed by atoms with van der Waals surface area (Å²) in [4.78, 5) is 184. The van der Waals surface area contributed by atoms with Crippen molar-refractivity contribution in [1.29, 1.82) is 0 Å². The number of amides is 10. The van der Waals surface area contributed by atoms with Gasteiger partial charge in [0.05, 0.1) is 49.3 Å². The van der Waals surface area contributed by atoms with Crippen LogP contribution in [0.5, 0.6) is 0 Å². The molecule has 6 aliphatic rings. The minimum atomic E-state index is -1.40. The van der Waals surface area contributed by atoms with Crippen molar-refractivity contribution in [2.45, 2.75) is 180 Å². The highest BCUT2D eigenvalue weighted by molar-refractivity contribution is 6.11. The standard InChI is InChI=1S/C81H110N16O17/c1-9-66-84-48(6)80(113)97-27-11-13-68(97)86-61-37-53(73(106)88-63(36-46(2)3)77(110)90-67(89-66)40-72(104)105)18-24-57(61)51-14-20-55(21-15-51)92-28-32-94(33-29-92)69(100)44-114-45-70(101)95-34-30-93(31-35-95)56-22-16-52(17-23-56)58-25-19-54(74(107)91-81(41-47(4)5)42-65(81)99)38-62(58)87-78(111)64-12-10-26-96(64)79(112)49(7)85-75(108)59(50(8)98)43-83-76(109)60(82)39-71(102)103/h14-25,37-38,46-50,59-60,63-64,66-68,84,86,89,98H,9-13,26-36,39-45,82H2,1-8H3,(H,83,109)(H,85,108)(H,87,111)(H,88,106)(H,90,110)(H,91,107)(H,102,103)(H,104,105)/t48-,49-,50?,59?,60-,63-,64-,66-,67-,68-,81-/m0/s1. The van der Waals surface area contributed by atoms with Gasteiger partial charge in [0.25, 0.3) is 11.8 Å². The molecule has 33 heteroatoms. The Morgan fingerprint density at radius 1 is 0.658 bits per heavy atom. The van der Waals surface area contributed by atoms with E-state index in [1.807, 2.05) is 89.2 Å². The van der Waals surface area contributed by atoms with Crippen LogP contribution in [-0.2, 0) is 57.5 Å². The molecule has 114 heavy (non-hydrogen) atoms. The van der Waals surface area contributed by atoms with Crippen molar-refractivity contribution in [3.8, 4) is 22.3 Å². The number of aliphatic hydroxyl groups excluding tert-OH is 1. The third-order valence-corrected chi connectivity index (χ3v) is 21.8. The zero-order valence-electron chi connectivity index (χ0n) is 66.1. The number of rotatable bonds is 28. The molecule has 2 unspecified atom stereocenters. The first-order chi connectivity index (χ1) is 54.3. The van der Waals surface area contributed by atoms with E-state index in [0.717, 1.165) is 28.9 Å². The maximum Gasteiger partial charge on any atom is 0.306 e. The molecular weight excluding hydrogens is 1470 g/mol. The molecule has 4 aromatic rings. The summed E-state index contributed by atoms with van der Waals surface area (Å²) in [7, 11) is 0. The average Bonchev–Trinajstić information content (AvgIpc) is 1.58. The fourth-order valence-corrected chi connectivity index (χ4v) is 15.5. The lowest BCUT2D eigenvalue weighted by atomic mass is 9.98. The van der Waals surface area contributed by atoms with Crippen LogP contribution < -0.4 is 63.4 Å². The topological polar surface area (TPSA) is 446 Å². The van der Waals surface area contributed by atoms with E-state index in [-0.39, 0.29) is 91.2 Å². The highest BCUT2D eigenvalue weighted by Gasteiger charge is 2.55. The largest absolute Gasteiger partial charge is 0.481 e. The number of benzene rings is 4. The van der Waals surface area contributed by atoms with Crippen molar-refractivity contribution in [3.63, 3.8) is 0 Å². The van der Waals surface area contributed by atoms with Crippen molar-refractivity contribution >= 4 is 99.5 Å². The van der Waals surface area contributed by atoms with Crippen molar-refractivity contribution in [1.82, 2.24) is 56.8 Å². The van der Waals surface area contributed by atoms with E-state index in [0.29, 0.717) is 101 Å². The number of carbonyl (C=O) groups excluding carboxylic acids is 11. The molecule has 2 bridgehead atoms. The van der Waals surface area contributed by atoms with E-state index in [9.17, 15) is 72.5 Å². The minimum absolute atomic E-state index is 0.00769. The van der Waals surface area contributed by atoms with Gasteiger partial charge in [-0.1, -0.05) is 71.0 Å². The average molecular weight is 1580 g/mol. The van der Waals surface area contributed by atoms with Crippen LogP contribution in [-0.4, -0.2) is 257 Å². The minimum Gasteiger partial charge on any atom is -0.481 e. The van der Waals surface area contributed by atoms with Crippen LogP contribution in [0.25, 0.3) is 22.3 Å². The van der Waals surface area contributed by atoms with Gasteiger partial charge in [0.1, 0.15) is 43.0 Å². The van der Waals surface area contributed by atoms with Crippen LogP contribution in [0.15, 0.2) is 84.9 Å². The predicted molar refractivity (Wildman–Crippen MR) is 424 cm³/mol. The molecule has 0 aromatic heterocycles. The number of ketones is 1. The molecule has 33 nitrogen and oxygen atoms in total. The highest BCUT2D eigenvalue weighted by atomic mass is 16.5. The van der Waals surface area contributed by atoms with Crippen LogP contribution in [0.1, 0.15) is 140 Å². The van der Waals surface area contributed by atoms with Gasteiger partial charge in [-0.25, -0.2) is 0 Å². The zero-order chi connectivity index (χ0) is 82.4. The number of carboxylic acids is 2. The lowest BCUT2D eigenvalue weighted by molar-refractivity contribution is -0.143. The normalized spacial score (nSPS) is 22.6. The quantitative estimate of drug-likeness (QED) is 0.0389. The van der Waals surface area contributed by atoms with Gasteiger partial charge in [-0.2, -0.15) is 0 Å². The lowest BCUT2D eigenvalue weighted by Gasteiger charge is -2.36. The molecule has 1 saturated carbocycles. The Morgan fingerprint density at radius 3 is 1.81 bits per heavy atom. The number of ether oxygens (including phenoxy) is 1. The van der Waals surface area contributed by atoms with Gasteiger partial charge >= 0.3 is 11.9 Å². The smallest absolute Gasteiger partial charge is 0.306 e. The molecule has 5 heterocycles. The molecular formula is C81H110N16O17. The van der Waals surface area contributed by atoms with Crippen LogP contribution in [0.4, 0.5) is 22.7 Å². The number of likely N-dealkylation sites (tertiary alicyclic amines) is 1. The van der Waals surface area contributed by atoms with Crippen LogP contribution >= 0.6 is 0 Å². The molecule has 0 spiro atoms. The van der Waals surface area contributed by atoms with E-state index >= 15 is 0 Å². The summed E-state index contributed by atoms with van der Waals surface area (Å²) in [6.45, 7) is 17.5. The summed E-state index contributed by atoms with van der Waals surface area (Å²) < 4.78 is 5.76. The van der Waals surface area contributed by atoms with Gasteiger partial charge in [-0.15, -0.1) is 0 Å². The first kappa shape index (κ1) is 85.8. The molecule has 0 radical (unpaired) electrons. The van der Waals surface area contributed by atoms with Gasteiger partial charge in [0.2, 0.25) is 47.3 Å². The summed E-state index contributed by atoms with van der Waals surface area (Å²) in [5, 5.41) is 56.0. The van der Waals surface area contributed by atoms with Gasteiger partial charge in [0, 0.05) is 123 Å².